The van der Waals surface area contributed by atoms with Crippen LogP contribution in [0, 0.1) is 0 Å². The van der Waals surface area contributed by atoms with E-state index in [0.29, 0.717) is 5.71 Å². The molecule has 0 atom stereocenters. The van der Waals surface area contributed by atoms with Crippen molar-refractivity contribution in [3.8, 4) is 0 Å². The van der Waals surface area contributed by atoms with Crippen LogP contribution in [0.4, 0.5) is 0 Å². The van der Waals surface area contributed by atoms with Crippen molar-refractivity contribution in [3.63, 3.8) is 0 Å². The van der Waals surface area contributed by atoms with Gasteiger partial charge < -0.3 is 8.95 Å². The van der Waals surface area contributed by atoms with Gasteiger partial charge in [0.15, 0.2) is 0 Å². The number of oxime groups is 1. The van der Waals surface area contributed by atoms with Crippen LogP contribution in [0.3, 0.4) is 0 Å². The lowest BCUT2D eigenvalue weighted by atomic mass is 10.3. The summed E-state index contributed by atoms with van der Waals surface area (Å²) >= 11 is 0. The summed E-state index contributed by atoms with van der Waals surface area (Å²) in [7, 11) is -3.43. The lowest BCUT2D eigenvalue weighted by Crippen LogP contribution is -2.30. The molecule has 94 valence electrons. The summed E-state index contributed by atoms with van der Waals surface area (Å²) in [5, 5.41) is 3.96. The number of hydrogen-bond donors (Lipinski definition) is 0. The van der Waals surface area contributed by atoms with E-state index < -0.39 is 16.6 Å². The maximum Gasteiger partial charge on any atom is 0.298 e. The molecule has 0 aromatic heterocycles. The van der Waals surface area contributed by atoms with Gasteiger partial charge in [0.05, 0.1) is 12.1 Å². The molecule has 0 aromatic rings. The normalized spacial score (nSPS) is 13.6. The van der Waals surface area contributed by atoms with E-state index in [1.54, 1.807) is 6.92 Å². The van der Waals surface area contributed by atoms with Gasteiger partial charge in [0.2, 0.25) is 8.32 Å². The Hall–Kier alpha value is -0.626. The van der Waals surface area contributed by atoms with Gasteiger partial charge in [-0.15, -0.1) is 5.16 Å². The molecule has 0 aromatic carbocycles. The molecule has 0 unspecified atom stereocenters. The Morgan fingerprint density at radius 1 is 1.06 bits per heavy atom. The minimum atomic E-state index is -1.78. The first-order chi connectivity index (χ1) is 6.99. The summed E-state index contributed by atoms with van der Waals surface area (Å²) in [4.78, 5) is 11.5. The van der Waals surface area contributed by atoms with Crippen molar-refractivity contribution < 1.29 is 13.7 Å². The first kappa shape index (κ1) is 15.4. The summed E-state index contributed by atoms with van der Waals surface area (Å²) in [5.74, 6) is -0.209. The number of rotatable bonds is 5. The zero-order chi connectivity index (χ0) is 13.0. The highest BCUT2D eigenvalue weighted by molar-refractivity contribution is 6.71. The van der Waals surface area contributed by atoms with Crippen molar-refractivity contribution in [3.05, 3.63) is 0 Å². The Bertz CT molecular complexity index is 277. The van der Waals surface area contributed by atoms with E-state index in [9.17, 15) is 4.79 Å². The molecule has 0 heterocycles. The number of carbonyl (C=O) groups excluding carboxylic acids is 1. The van der Waals surface area contributed by atoms with E-state index in [4.69, 9.17) is 8.95 Å². The fourth-order valence-electron chi connectivity index (χ4n) is 0.834. The molecule has 16 heavy (non-hydrogen) atoms. The number of hydrogen-bond acceptors (Lipinski definition) is 4. The second-order valence-corrected chi connectivity index (χ2v) is 14.6. The maximum atomic E-state index is 11.5. The van der Waals surface area contributed by atoms with Crippen molar-refractivity contribution in [2.24, 2.45) is 5.16 Å². The molecule has 0 N–H and O–H groups in total. The van der Waals surface area contributed by atoms with Gasteiger partial charge in [0, 0.05) is 0 Å². The molecule has 0 fully saturated rings. The largest absolute Gasteiger partial charge is 0.520 e. The van der Waals surface area contributed by atoms with Crippen LogP contribution >= 0.6 is 0 Å². The average Bonchev–Trinajstić information content (AvgIpc) is 1.95. The van der Waals surface area contributed by atoms with Crippen LogP contribution < -0.4 is 0 Å². The zero-order valence-corrected chi connectivity index (χ0v) is 13.4. The maximum absolute atomic E-state index is 11.5. The van der Waals surface area contributed by atoms with Gasteiger partial charge in [0.25, 0.3) is 14.3 Å². The quantitative estimate of drug-likeness (QED) is 0.434. The second kappa shape index (κ2) is 5.63. The highest BCUT2D eigenvalue weighted by Gasteiger charge is 2.21. The topological polar surface area (TPSA) is 47.9 Å². The Morgan fingerprint density at radius 2 is 1.56 bits per heavy atom. The van der Waals surface area contributed by atoms with E-state index in [2.05, 4.69) is 5.16 Å². The zero-order valence-electron chi connectivity index (χ0n) is 11.4. The second-order valence-electron chi connectivity index (χ2n) is 5.79. The van der Waals surface area contributed by atoms with E-state index in [1.807, 2.05) is 39.3 Å². The predicted octanol–water partition coefficient (Wildman–Crippen LogP) is 2.98. The van der Waals surface area contributed by atoms with Crippen molar-refractivity contribution in [2.75, 3.05) is 0 Å². The fourth-order valence-corrected chi connectivity index (χ4v) is 2.02. The lowest BCUT2D eigenvalue weighted by molar-refractivity contribution is -0.133. The molecule has 0 saturated carbocycles. The van der Waals surface area contributed by atoms with Crippen LogP contribution in [-0.2, 0) is 13.7 Å². The summed E-state index contributed by atoms with van der Waals surface area (Å²) in [6.45, 7) is 13.9. The van der Waals surface area contributed by atoms with Gasteiger partial charge in [0.1, 0.15) is 0 Å². The SMILES string of the molecule is CC(CC(=O)O[Si](C)(C)C)=NO[Si](C)(C)C. The molecule has 0 aliphatic rings. The summed E-state index contributed by atoms with van der Waals surface area (Å²) < 4.78 is 10.7. The molecular weight excluding hydrogens is 238 g/mol. The van der Waals surface area contributed by atoms with E-state index in [0.717, 1.165) is 0 Å². The van der Waals surface area contributed by atoms with E-state index >= 15 is 0 Å². The molecule has 0 radical (unpaired) electrons. The molecule has 0 spiro atoms. The third kappa shape index (κ3) is 9.91. The average molecular weight is 261 g/mol. The molecule has 0 rings (SSSR count). The molecule has 0 aliphatic carbocycles. The minimum Gasteiger partial charge on any atom is -0.520 e. The third-order valence-electron chi connectivity index (χ3n) is 1.30. The molecule has 6 heteroatoms. The monoisotopic (exact) mass is 261 g/mol. The standard InChI is InChI=1S/C10H23NO3Si2/c1-9(11-14-16(5,6)7)8-10(12)13-15(2,3)4/h8H2,1-7H3. The molecular formula is C10H23NO3Si2. The highest BCUT2D eigenvalue weighted by atomic mass is 28.4. The lowest BCUT2D eigenvalue weighted by Gasteiger charge is -2.17. The van der Waals surface area contributed by atoms with Crippen molar-refractivity contribution in [1.29, 1.82) is 0 Å². The smallest absolute Gasteiger partial charge is 0.298 e. The van der Waals surface area contributed by atoms with Crippen molar-refractivity contribution >= 4 is 28.3 Å². The van der Waals surface area contributed by atoms with Crippen molar-refractivity contribution in [2.45, 2.75) is 52.6 Å². The van der Waals surface area contributed by atoms with Gasteiger partial charge >= 0.3 is 0 Å². The van der Waals surface area contributed by atoms with Gasteiger partial charge in [-0.25, -0.2) is 0 Å². The molecule has 0 aliphatic heterocycles. The molecule has 4 nitrogen and oxygen atoms in total. The van der Waals surface area contributed by atoms with Crippen LogP contribution in [0.5, 0.6) is 0 Å². The van der Waals surface area contributed by atoms with Gasteiger partial charge in [-0.1, -0.05) is 0 Å². The number of carbonyl (C=O) groups is 1. The summed E-state index contributed by atoms with van der Waals surface area (Å²) in [6, 6.07) is 0. The fraction of sp³-hybridized carbons (Fsp3) is 0.800. The van der Waals surface area contributed by atoms with E-state index in [-0.39, 0.29) is 12.4 Å². The van der Waals surface area contributed by atoms with Crippen LogP contribution in [0.15, 0.2) is 5.16 Å². The van der Waals surface area contributed by atoms with E-state index in [1.165, 1.54) is 0 Å². The number of nitrogens with zero attached hydrogens (tertiary/aromatic N) is 1. The van der Waals surface area contributed by atoms with Crippen LogP contribution in [0.2, 0.25) is 39.3 Å². The minimum absolute atomic E-state index is 0.209. The molecule has 0 bridgehead atoms. The first-order valence-corrected chi connectivity index (χ1v) is 12.2. The van der Waals surface area contributed by atoms with Crippen molar-refractivity contribution in [1.82, 2.24) is 0 Å². The van der Waals surface area contributed by atoms with Gasteiger partial charge in [-0.05, 0) is 46.2 Å². The Balaban J connectivity index is 4.15. The highest BCUT2D eigenvalue weighted by Crippen LogP contribution is 2.07. The predicted molar refractivity (Wildman–Crippen MR) is 71.6 cm³/mol. The van der Waals surface area contributed by atoms with Gasteiger partial charge in [-0.3, -0.25) is 4.79 Å². The Labute approximate surface area is 100 Å². The molecule has 0 amide bonds. The first-order valence-electron chi connectivity index (χ1n) is 5.43. The van der Waals surface area contributed by atoms with Gasteiger partial charge in [-0.2, -0.15) is 0 Å². The summed E-state index contributed by atoms with van der Waals surface area (Å²) in [6.07, 6.45) is 0.217. The summed E-state index contributed by atoms with van der Waals surface area (Å²) in [5.41, 5.74) is 0.672. The Morgan fingerprint density at radius 3 is 1.94 bits per heavy atom. The van der Waals surface area contributed by atoms with Crippen LogP contribution in [0.25, 0.3) is 0 Å². The molecule has 0 saturated heterocycles. The van der Waals surface area contributed by atoms with Crippen LogP contribution in [-0.4, -0.2) is 28.3 Å². The Kier molecular flexibility index (Phi) is 5.41. The van der Waals surface area contributed by atoms with Crippen LogP contribution in [0.1, 0.15) is 13.3 Å². The third-order valence-corrected chi connectivity index (χ3v) is 2.77.